The van der Waals surface area contributed by atoms with Crippen molar-refractivity contribution in [1.82, 2.24) is 15.3 Å². The zero-order valence-electron chi connectivity index (χ0n) is 15.3. The van der Waals surface area contributed by atoms with Crippen LogP contribution in [0.25, 0.3) is 22.2 Å². The van der Waals surface area contributed by atoms with Crippen LogP contribution in [0.15, 0.2) is 73.1 Å². The lowest BCUT2D eigenvalue weighted by Crippen LogP contribution is -2.23. The molecule has 4 aromatic rings. The van der Waals surface area contributed by atoms with Crippen molar-refractivity contribution < 1.29 is 9.18 Å². The summed E-state index contributed by atoms with van der Waals surface area (Å²) in [5.74, 6) is -0.600. The van der Waals surface area contributed by atoms with E-state index in [4.69, 9.17) is 0 Å². The number of nitrogens with one attached hydrogen (secondary N) is 1. The van der Waals surface area contributed by atoms with E-state index >= 15 is 0 Å². The van der Waals surface area contributed by atoms with E-state index in [0.29, 0.717) is 28.9 Å². The third-order valence-corrected chi connectivity index (χ3v) is 4.56. The van der Waals surface area contributed by atoms with Gasteiger partial charge in [0.25, 0.3) is 5.91 Å². The van der Waals surface area contributed by atoms with E-state index in [-0.39, 0.29) is 11.7 Å². The molecule has 0 spiro atoms. The van der Waals surface area contributed by atoms with E-state index in [2.05, 4.69) is 15.3 Å². The summed E-state index contributed by atoms with van der Waals surface area (Å²) in [6, 6.07) is 17.5. The monoisotopic (exact) mass is 371 g/mol. The summed E-state index contributed by atoms with van der Waals surface area (Å²) in [4.78, 5) is 21.5. The van der Waals surface area contributed by atoms with Gasteiger partial charge in [0.05, 0.1) is 16.8 Å². The number of rotatable bonds is 4. The standard InChI is InChI=1S/C23H18FN3O/c1-15-6-7-21-18(12-15)19(23(28)26-14-16-8-10-25-11-9-16)13-22(27-21)17-4-2-3-5-20(17)24/h2-13H,14H2,1H3,(H,26,28). The number of nitrogens with zero attached hydrogens (tertiary/aromatic N) is 2. The molecule has 1 amide bonds. The van der Waals surface area contributed by atoms with Gasteiger partial charge in [-0.05, 0) is 55.0 Å². The van der Waals surface area contributed by atoms with Crippen molar-refractivity contribution in [2.45, 2.75) is 13.5 Å². The molecular formula is C23H18FN3O. The number of halogens is 1. The molecule has 0 bridgehead atoms. The first-order chi connectivity index (χ1) is 13.6. The number of carbonyl (C=O) groups is 1. The number of benzene rings is 2. The predicted molar refractivity (Wildman–Crippen MR) is 107 cm³/mol. The van der Waals surface area contributed by atoms with Crippen LogP contribution in [0.5, 0.6) is 0 Å². The fourth-order valence-corrected chi connectivity index (χ4v) is 3.11. The first-order valence-corrected chi connectivity index (χ1v) is 8.95. The molecule has 2 heterocycles. The zero-order chi connectivity index (χ0) is 19.5. The molecule has 0 unspecified atom stereocenters. The van der Waals surface area contributed by atoms with Gasteiger partial charge in [-0.15, -0.1) is 0 Å². The molecule has 0 aliphatic rings. The van der Waals surface area contributed by atoms with Gasteiger partial charge < -0.3 is 5.32 Å². The number of carbonyl (C=O) groups excluding carboxylic acids is 1. The Morgan fingerprint density at radius 3 is 2.61 bits per heavy atom. The fourth-order valence-electron chi connectivity index (χ4n) is 3.11. The van der Waals surface area contributed by atoms with Gasteiger partial charge in [0.2, 0.25) is 0 Å². The van der Waals surface area contributed by atoms with Crippen molar-refractivity contribution in [3.8, 4) is 11.3 Å². The number of amides is 1. The second kappa shape index (κ2) is 7.56. The van der Waals surface area contributed by atoms with E-state index in [1.165, 1.54) is 6.07 Å². The van der Waals surface area contributed by atoms with E-state index < -0.39 is 0 Å². The molecule has 138 valence electrons. The number of fused-ring (bicyclic) bond motifs is 1. The summed E-state index contributed by atoms with van der Waals surface area (Å²) < 4.78 is 14.3. The molecule has 0 radical (unpaired) electrons. The Kier molecular flexibility index (Phi) is 4.81. The lowest BCUT2D eigenvalue weighted by molar-refractivity contribution is 0.0952. The van der Waals surface area contributed by atoms with Crippen LogP contribution in [0.3, 0.4) is 0 Å². The van der Waals surface area contributed by atoms with Gasteiger partial charge in [0.15, 0.2) is 0 Å². The zero-order valence-corrected chi connectivity index (χ0v) is 15.3. The Labute approximate surface area is 162 Å². The smallest absolute Gasteiger partial charge is 0.252 e. The number of hydrogen-bond donors (Lipinski definition) is 1. The van der Waals surface area contributed by atoms with Gasteiger partial charge >= 0.3 is 0 Å². The third kappa shape index (κ3) is 3.60. The maximum absolute atomic E-state index is 14.3. The minimum atomic E-state index is -0.371. The van der Waals surface area contributed by atoms with E-state index in [1.807, 2.05) is 37.3 Å². The maximum Gasteiger partial charge on any atom is 0.252 e. The largest absolute Gasteiger partial charge is 0.348 e. The fraction of sp³-hybridized carbons (Fsp3) is 0.0870. The Balaban J connectivity index is 1.77. The predicted octanol–water partition coefficient (Wildman–Crippen LogP) is 4.67. The quantitative estimate of drug-likeness (QED) is 0.567. The minimum absolute atomic E-state index is 0.229. The average Bonchev–Trinajstić information content (AvgIpc) is 2.72. The van der Waals surface area contributed by atoms with Gasteiger partial charge in [-0.3, -0.25) is 9.78 Å². The van der Waals surface area contributed by atoms with Crippen LogP contribution < -0.4 is 5.32 Å². The van der Waals surface area contributed by atoms with E-state index in [0.717, 1.165) is 16.5 Å². The van der Waals surface area contributed by atoms with Crippen molar-refractivity contribution in [3.05, 3.63) is 95.6 Å². The van der Waals surface area contributed by atoms with Crippen LogP contribution >= 0.6 is 0 Å². The Morgan fingerprint density at radius 1 is 1.04 bits per heavy atom. The van der Waals surface area contributed by atoms with Crippen LogP contribution in [-0.4, -0.2) is 15.9 Å². The molecule has 0 saturated carbocycles. The summed E-state index contributed by atoms with van der Waals surface area (Å²) in [6.07, 6.45) is 3.37. The van der Waals surface area contributed by atoms with Crippen molar-refractivity contribution in [3.63, 3.8) is 0 Å². The second-order valence-corrected chi connectivity index (χ2v) is 6.59. The van der Waals surface area contributed by atoms with Crippen LogP contribution in [-0.2, 0) is 6.54 Å². The lowest BCUT2D eigenvalue weighted by Gasteiger charge is -2.12. The number of aryl methyl sites for hydroxylation is 1. The van der Waals surface area contributed by atoms with Crippen LogP contribution in [0, 0.1) is 12.7 Å². The molecule has 2 aromatic heterocycles. The molecule has 0 atom stereocenters. The molecule has 0 aliphatic heterocycles. The first kappa shape index (κ1) is 17.8. The summed E-state index contributed by atoms with van der Waals surface area (Å²) in [5, 5.41) is 3.67. The van der Waals surface area contributed by atoms with Crippen LogP contribution in [0.4, 0.5) is 4.39 Å². The molecule has 0 aliphatic carbocycles. The molecule has 28 heavy (non-hydrogen) atoms. The first-order valence-electron chi connectivity index (χ1n) is 8.95. The molecule has 5 heteroatoms. The van der Waals surface area contributed by atoms with Gasteiger partial charge in [-0.25, -0.2) is 9.37 Å². The van der Waals surface area contributed by atoms with Crippen molar-refractivity contribution in [2.24, 2.45) is 0 Å². The normalized spacial score (nSPS) is 10.8. The highest BCUT2D eigenvalue weighted by atomic mass is 19.1. The van der Waals surface area contributed by atoms with Crippen LogP contribution in [0.1, 0.15) is 21.5 Å². The molecule has 0 fully saturated rings. The van der Waals surface area contributed by atoms with Crippen molar-refractivity contribution in [1.29, 1.82) is 0 Å². The van der Waals surface area contributed by atoms with Crippen molar-refractivity contribution >= 4 is 16.8 Å². The highest BCUT2D eigenvalue weighted by molar-refractivity contribution is 6.07. The Morgan fingerprint density at radius 2 is 1.82 bits per heavy atom. The molecular weight excluding hydrogens is 353 g/mol. The Bertz CT molecular complexity index is 1160. The van der Waals surface area contributed by atoms with Crippen molar-refractivity contribution in [2.75, 3.05) is 0 Å². The average molecular weight is 371 g/mol. The van der Waals surface area contributed by atoms with E-state index in [9.17, 15) is 9.18 Å². The topological polar surface area (TPSA) is 54.9 Å². The van der Waals surface area contributed by atoms with Crippen LogP contribution in [0.2, 0.25) is 0 Å². The number of pyridine rings is 2. The van der Waals surface area contributed by atoms with Gasteiger partial charge in [0.1, 0.15) is 5.82 Å². The third-order valence-electron chi connectivity index (χ3n) is 4.56. The highest BCUT2D eigenvalue weighted by Crippen LogP contribution is 2.27. The molecule has 4 nitrogen and oxygen atoms in total. The highest BCUT2D eigenvalue weighted by Gasteiger charge is 2.15. The Hall–Kier alpha value is -3.60. The maximum atomic E-state index is 14.3. The lowest BCUT2D eigenvalue weighted by atomic mass is 10.0. The SMILES string of the molecule is Cc1ccc2nc(-c3ccccc3F)cc(C(=O)NCc3ccncc3)c2c1. The molecule has 1 N–H and O–H groups in total. The van der Waals surface area contributed by atoms with Gasteiger partial charge in [-0.2, -0.15) is 0 Å². The summed E-state index contributed by atoms with van der Waals surface area (Å²) in [7, 11) is 0. The summed E-state index contributed by atoms with van der Waals surface area (Å²) >= 11 is 0. The molecule has 2 aromatic carbocycles. The number of hydrogen-bond acceptors (Lipinski definition) is 3. The number of aromatic nitrogens is 2. The van der Waals surface area contributed by atoms with Gasteiger partial charge in [-0.1, -0.05) is 23.8 Å². The second-order valence-electron chi connectivity index (χ2n) is 6.59. The molecule has 4 rings (SSSR count). The summed E-state index contributed by atoms with van der Waals surface area (Å²) in [5.41, 5.74) is 3.90. The minimum Gasteiger partial charge on any atom is -0.348 e. The molecule has 0 saturated heterocycles. The van der Waals surface area contributed by atoms with Gasteiger partial charge in [0, 0.05) is 29.9 Å². The summed E-state index contributed by atoms with van der Waals surface area (Å²) in [6.45, 7) is 2.34. The van der Waals surface area contributed by atoms with E-state index in [1.54, 1.807) is 36.7 Å².